The largest absolute Gasteiger partial charge is 0.507 e. The van der Waals surface area contributed by atoms with Crippen LogP contribution in [-0.2, 0) is 0 Å². The number of hydrogen-bond acceptors (Lipinski definition) is 4. The highest BCUT2D eigenvalue weighted by Crippen LogP contribution is 2.40. The SMILES string of the molecule is Cl.O=C(O)c1c(O)cccc1-c1c2ccccc2nc2c1ccc1ncccc12. The van der Waals surface area contributed by atoms with Crippen LogP contribution in [0.1, 0.15) is 10.4 Å². The van der Waals surface area contributed by atoms with E-state index in [1.165, 1.54) is 6.07 Å². The van der Waals surface area contributed by atoms with Gasteiger partial charge < -0.3 is 10.2 Å². The molecule has 0 saturated carbocycles. The summed E-state index contributed by atoms with van der Waals surface area (Å²) in [5.74, 6) is -1.44. The quantitative estimate of drug-likeness (QED) is 0.304. The molecular formula is C23H15ClN2O3. The Hall–Kier alpha value is -3.70. The van der Waals surface area contributed by atoms with Crippen LogP contribution in [0.3, 0.4) is 0 Å². The molecule has 0 amide bonds. The predicted molar refractivity (Wildman–Crippen MR) is 116 cm³/mol. The molecule has 6 heteroatoms. The third-order valence-electron chi connectivity index (χ3n) is 4.96. The zero-order valence-corrected chi connectivity index (χ0v) is 15.9. The van der Waals surface area contributed by atoms with Crippen molar-refractivity contribution < 1.29 is 15.0 Å². The van der Waals surface area contributed by atoms with Gasteiger partial charge in [-0.1, -0.05) is 30.3 Å². The van der Waals surface area contributed by atoms with Crippen LogP contribution in [0.25, 0.3) is 43.8 Å². The molecule has 5 nitrogen and oxygen atoms in total. The van der Waals surface area contributed by atoms with Gasteiger partial charge in [0.1, 0.15) is 11.3 Å². The number of rotatable bonds is 2. The van der Waals surface area contributed by atoms with Crippen LogP contribution in [0, 0.1) is 0 Å². The summed E-state index contributed by atoms with van der Waals surface area (Å²) in [4.78, 5) is 21.2. The van der Waals surface area contributed by atoms with Gasteiger partial charge in [-0.2, -0.15) is 0 Å². The number of pyridine rings is 2. The number of hydrogen-bond donors (Lipinski definition) is 2. The number of fused-ring (bicyclic) bond motifs is 4. The first-order chi connectivity index (χ1) is 13.6. The summed E-state index contributed by atoms with van der Waals surface area (Å²) in [6.45, 7) is 0. The molecule has 0 aliphatic heterocycles. The molecule has 0 aliphatic rings. The fourth-order valence-electron chi connectivity index (χ4n) is 3.77. The number of nitrogens with zero attached hydrogens (tertiary/aromatic N) is 2. The highest BCUT2D eigenvalue weighted by Gasteiger charge is 2.21. The molecule has 5 aromatic rings. The molecule has 2 aromatic heterocycles. The minimum Gasteiger partial charge on any atom is -0.507 e. The standard InChI is InChI=1S/C23H14N2O3.ClH/c26-19-9-3-6-15(21(19)23(27)28)20-13-5-1-2-8-18(13)25-22-14-7-4-12-24-17(14)11-10-16(20)22;/h1-12,26H,(H,27,28);1H. The smallest absolute Gasteiger partial charge is 0.340 e. The second-order valence-electron chi connectivity index (χ2n) is 6.54. The molecular weight excluding hydrogens is 388 g/mol. The second-order valence-corrected chi connectivity index (χ2v) is 6.54. The van der Waals surface area contributed by atoms with Crippen LogP contribution in [0.4, 0.5) is 0 Å². The minimum absolute atomic E-state index is 0. The van der Waals surface area contributed by atoms with Crippen LogP contribution < -0.4 is 0 Å². The molecule has 2 N–H and O–H groups in total. The van der Waals surface area contributed by atoms with Crippen LogP contribution in [0.5, 0.6) is 5.75 Å². The third kappa shape index (κ3) is 2.83. The summed E-state index contributed by atoms with van der Waals surface area (Å²) in [5, 5.41) is 22.5. The maximum Gasteiger partial charge on any atom is 0.340 e. The van der Waals surface area contributed by atoms with E-state index >= 15 is 0 Å². The molecule has 3 aromatic carbocycles. The number of carboxylic acid groups (broad SMARTS) is 1. The van der Waals surface area contributed by atoms with Gasteiger partial charge in [-0.25, -0.2) is 9.78 Å². The number of para-hydroxylation sites is 1. The average molecular weight is 403 g/mol. The Bertz CT molecular complexity index is 1420. The Kier molecular flexibility index (Phi) is 4.53. The topological polar surface area (TPSA) is 83.3 Å². The van der Waals surface area contributed by atoms with Crippen molar-refractivity contribution in [1.82, 2.24) is 9.97 Å². The Balaban J connectivity index is 0.00000205. The minimum atomic E-state index is -1.18. The van der Waals surface area contributed by atoms with Crippen molar-refractivity contribution in [3.63, 3.8) is 0 Å². The summed E-state index contributed by atoms with van der Waals surface area (Å²) in [6.07, 6.45) is 1.73. The predicted octanol–water partition coefficient (Wildman–Crippen LogP) is 5.43. The monoisotopic (exact) mass is 402 g/mol. The van der Waals surface area contributed by atoms with Crippen LogP contribution in [0.2, 0.25) is 0 Å². The van der Waals surface area contributed by atoms with Crippen molar-refractivity contribution in [2.24, 2.45) is 0 Å². The van der Waals surface area contributed by atoms with Gasteiger partial charge in [0, 0.05) is 33.5 Å². The van der Waals surface area contributed by atoms with E-state index < -0.39 is 5.97 Å². The first kappa shape index (κ1) is 18.7. The first-order valence-electron chi connectivity index (χ1n) is 8.77. The second kappa shape index (κ2) is 7.04. The molecule has 0 radical (unpaired) electrons. The van der Waals surface area contributed by atoms with Gasteiger partial charge in [-0.3, -0.25) is 4.98 Å². The van der Waals surface area contributed by atoms with Gasteiger partial charge in [-0.15, -0.1) is 12.4 Å². The lowest BCUT2D eigenvalue weighted by molar-refractivity contribution is 0.0694. The van der Waals surface area contributed by atoms with Crippen LogP contribution in [0.15, 0.2) is 72.9 Å². The van der Waals surface area contributed by atoms with Crippen LogP contribution >= 0.6 is 12.4 Å². The molecule has 0 aliphatic carbocycles. The van der Waals surface area contributed by atoms with Crippen molar-refractivity contribution in [3.8, 4) is 16.9 Å². The lowest BCUT2D eigenvalue weighted by atomic mass is 9.91. The normalized spacial score (nSPS) is 10.9. The lowest BCUT2D eigenvalue weighted by Crippen LogP contribution is -2.01. The molecule has 0 bridgehead atoms. The maximum atomic E-state index is 11.9. The Morgan fingerprint density at radius 1 is 0.793 bits per heavy atom. The van der Waals surface area contributed by atoms with Gasteiger partial charge in [-0.05, 0) is 36.4 Å². The van der Waals surface area contributed by atoms with Crippen molar-refractivity contribution >= 4 is 51.1 Å². The molecule has 5 rings (SSSR count). The molecule has 142 valence electrons. The van der Waals surface area contributed by atoms with E-state index in [2.05, 4.69) is 4.98 Å². The maximum absolute atomic E-state index is 11.9. The summed E-state index contributed by atoms with van der Waals surface area (Å²) < 4.78 is 0. The molecule has 2 heterocycles. The Labute approximate surface area is 171 Å². The third-order valence-corrected chi connectivity index (χ3v) is 4.96. The highest BCUT2D eigenvalue weighted by molar-refractivity contribution is 6.18. The number of aromatic carboxylic acids is 1. The number of phenols is 1. The molecule has 0 spiro atoms. The summed E-state index contributed by atoms with van der Waals surface area (Å²) in [5.41, 5.74) is 3.39. The van der Waals surface area contributed by atoms with Gasteiger partial charge in [0.05, 0.1) is 16.6 Å². The molecule has 0 fully saturated rings. The summed E-state index contributed by atoms with van der Waals surface area (Å²) >= 11 is 0. The van der Waals surface area contributed by atoms with Crippen molar-refractivity contribution in [2.75, 3.05) is 0 Å². The first-order valence-corrected chi connectivity index (χ1v) is 8.77. The highest BCUT2D eigenvalue weighted by atomic mass is 35.5. The van der Waals surface area contributed by atoms with E-state index in [-0.39, 0.29) is 23.7 Å². The molecule has 29 heavy (non-hydrogen) atoms. The molecule has 0 unspecified atom stereocenters. The number of benzene rings is 3. The number of carbonyl (C=O) groups is 1. The van der Waals surface area contributed by atoms with E-state index in [1.807, 2.05) is 48.5 Å². The van der Waals surface area contributed by atoms with E-state index in [0.29, 0.717) is 5.56 Å². The van der Waals surface area contributed by atoms with Gasteiger partial charge in [0.25, 0.3) is 0 Å². The van der Waals surface area contributed by atoms with Gasteiger partial charge >= 0.3 is 5.97 Å². The number of aromatic nitrogens is 2. The van der Waals surface area contributed by atoms with Gasteiger partial charge in [0.15, 0.2) is 0 Å². The van der Waals surface area contributed by atoms with Crippen LogP contribution in [-0.4, -0.2) is 26.2 Å². The zero-order valence-electron chi connectivity index (χ0n) is 15.0. The number of carboxylic acids is 1. The summed E-state index contributed by atoms with van der Waals surface area (Å²) in [7, 11) is 0. The van der Waals surface area contributed by atoms with E-state index in [9.17, 15) is 15.0 Å². The van der Waals surface area contributed by atoms with Crippen molar-refractivity contribution in [2.45, 2.75) is 0 Å². The average Bonchev–Trinajstić information content (AvgIpc) is 2.71. The van der Waals surface area contributed by atoms with E-state index in [1.54, 1.807) is 18.3 Å². The summed E-state index contributed by atoms with van der Waals surface area (Å²) in [6, 6.07) is 20.0. The van der Waals surface area contributed by atoms with Crippen molar-refractivity contribution in [3.05, 3.63) is 78.5 Å². The van der Waals surface area contributed by atoms with Gasteiger partial charge in [0.2, 0.25) is 0 Å². The van der Waals surface area contributed by atoms with Crippen molar-refractivity contribution in [1.29, 1.82) is 0 Å². The number of halogens is 1. The fourth-order valence-corrected chi connectivity index (χ4v) is 3.77. The van der Waals surface area contributed by atoms with E-state index in [4.69, 9.17) is 4.98 Å². The zero-order chi connectivity index (χ0) is 19.3. The van der Waals surface area contributed by atoms with E-state index in [0.717, 1.165) is 38.3 Å². The fraction of sp³-hybridized carbons (Fsp3) is 0. The number of aromatic hydroxyl groups is 1. The Morgan fingerprint density at radius 2 is 1.59 bits per heavy atom. The molecule has 0 atom stereocenters. The Morgan fingerprint density at radius 3 is 2.41 bits per heavy atom. The lowest BCUT2D eigenvalue weighted by Gasteiger charge is -2.15. The molecule has 0 saturated heterocycles.